The third-order valence-electron chi connectivity index (χ3n) is 4.13. The third-order valence-corrected chi connectivity index (χ3v) is 4.13. The fourth-order valence-corrected chi connectivity index (χ4v) is 2.72. The lowest BCUT2D eigenvalue weighted by atomic mass is 9.96. The Hall–Kier alpha value is -2.68. The molecule has 1 aliphatic rings. The van der Waals surface area contributed by atoms with E-state index in [1.807, 2.05) is 6.07 Å². The Kier molecular flexibility index (Phi) is 3.21. The molecule has 1 heterocycles. The van der Waals surface area contributed by atoms with Crippen molar-refractivity contribution in [3.63, 3.8) is 0 Å². The number of rotatable bonds is 3. The van der Waals surface area contributed by atoms with E-state index < -0.39 is 23.0 Å². The van der Waals surface area contributed by atoms with E-state index in [2.05, 4.69) is 10.3 Å². The van der Waals surface area contributed by atoms with Crippen molar-refractivity contribution in [3.05, 3.63) is 58.9 Å². The van der Waals surface area contributed by atoms with Gasteiger partial charge in [-0.15, -0.1) is 0 Å². The monoisotopic (exact) mass is 301 g/mol. The Balaban J connectivity index is 1.77. The van der Waals surface area contributed by atoms with Gasteiger partial charge in [-0.2, -0.15) is 5.26 Å². The van der Waals surface area contributed by atoms with Gasteiger partial charge in [-0.25, -0.2) is 8.78 Å². The van der Waals surface area contributed by atoms with Crippen LogP contribution in [0.4, 0.5) is 8.78 Å². The van der Waals surface area contributed by atoms with Crippen LogP contribution in [0.15, 0.2) is 30.5 Å². The topological polar surface area (TPSA) is 68.7 Å². The number of aromatic nitrogens is 1. The number of hydrogen-bond acceptors (Lipinski definition) is 2. The molecule has 0 aliphatic heterocycles. The van der Waals surface area contributed by atoms with Gasteiger partial charge in [0, 0.05) is 23.2 Å². The summed E-state index contributed by atoms with van der Waals surface area (Å²) in [5.41, 5.74) is -0.149. The van der Waals surface area contributed by atoms with Crippen LogP contribution < -0.4 is 5.32 Å². The van der Waals surface area contributed by atoms with Crippen molar-refractivity contribution in [1.29, 1.82) is 5.26 Å². The fraction of sp³-hybridized carbons (Fsp3) is 0.250. The average molecular weight is 301 g/mol. The van der Waals surface area contributed by atoms with E-state index in [9.17, 15) is 13.6 Å². The van der Waals surface area contributed by atoms with Crippen LogP contribution in [-0.4, -0.2) is 16.9 Å². The highest BCUT2D eigenvalue weighted by atomic mass is 19.1. The summed E-state index contributed by atoms with van der Waals surface area (Å²) in [5, 5.41) is 11.5. The van der Waals surface area contributed by atoms with E-state index in [-0.39, 0.29) is 17.3 Å². The summed E-state index contributed by atoms with van der Waals surface area (Å²) in [5.74, 6) is -1.61. The van der Waals surface area contributed by atoms with Crippen LogP contribution in [-0.2, 0) is 5.41 Å². The van der Waals surface area contributed by atoms with Crippen LogP contribution in [0.25, 0.3) is 0 Å². The van der Waals surface area contributed by atoms with Crippen molar-refractivity contribution in [2.24, 2.45) is 0 Å². The maximum Gasteiger partial charge on any atom is 0.267 e. The normalized spacial score (nSPS) is 22.9. The number of carbonyl (C=O) groups is 1. The molecule has 1 aliphatic carbocycles. The molecular weight excluding hydrogens is 288 g/mol. The second-order valence-electron chi connectivity index (χ2n) is 5.66. The van der Waals surface area contributed by atoms with Gasteiger partial charge in [0.05, 0.1) is 5.56 Å². The number of halogens is 2. The highest BCUT2D eigenvalue weighted by Crippen LogP contribution is 2.49. The zero-order valence-corrected chi connectivity index (χ0v) is 11.8. The maximum atomic E-state index is 13.9. The highest BCUT2D eigenvalue weighted by molar-refractivity contribution is 5.93. The van der Waals surface area contributed by atoms with Gasteiger partial charge in [0.15, 0.2) is 0 Å². The Morgan fingerprint density at radius 3 is 2.73 bits per heavy atom. The predicted octanol–water partition coefficient (Wildman–Crippen LogP) is 2.62. The number of nitriles is 1. The minimum Gasteiger partial charge on any atom is -0.356 e. The Bertz CT molecular complexity index is 773. The standard InChI is InChI=1S/C16H13F2N3O/c1-16(14-10(17)3-2-4-11(14)18)6-13(16)21-15(22)12-5-9(7-19)8-20-12/h2-5,8,13,20H,6H2,1H3,(H,21,22)/t13-,16-/m1/s1. The summed E-state index contributed by atoms with van der Waals surface area (Å²) in [7, 11) is 0. The first-order chi connectivity index (χ1) is 10.5. The van der Waals surface area contributed by atoms with Gasteiger partial charge in [0.1, 0.15) is 23.4 Å². The maximum absolute atomic E-state index is 13.9. The molecule has 0 unspecified atom stereocenters. The smallest absolute Gasteiger partial charge is 0.267 e. The van der Waals surface area contributed by atoms with Crippen molar-refractivity contribution < 1.29 is 13.6 Å². The second kappa shape index (κ2) is 4.95. The largest absolute Gasteiger partial charge is 0.356 e. The van der Waals surface area contributed by atoms with Crippen LogP contribution in [0.5, 0.6) is 0 Å². The first kappa shape index (κ1) is 14.3. The molecular formula is C16H13F2N3O. The molecule has 6 heteroatoms. The fourth-order valence-electron chi connectivity index (χ4n) is 2.72. The summed E-state index contributed by atoms with van der Waals surface area (Å²) in [6.07, 6.45) is 1.89. The number of benzene rings is 1. The summed E-state index contributed by atoms with van der Waals surface area (Å²) in [4.78, 5) is 14.8. The number of amides is 1. The van der Waals surface area contributed by atoms with Gasteiger partial charge < -0.3 is 10.3 Å². The van der Waals surface area contributed by atoms with Crippen LogP contribution in [0, 0.1) is 23.0 Å². The molecule has 3 rings (SSSR count). The molecule has 22 heavy (non-hydrogen) atoms. The molecule has 0 spiro atoms. The molecule has 1 saturated carbocycles. The molecule has 0 bridgehead atoms. The van der Waals surface area contributed by atoms with Crippen molar-refractivity contribution in [3.8, 4) is 6.07 Å². The van der Waals surface area contributed by atoms with E-state index in [0.717, 1.165) is 0 Å². The van der Waals surface area contributed by atoms with Gasteiger partial charge in [0.2, 0.25) is 0 Å². The summed E-state index contributed by atoms with van der Waals surface area (Å²) in [6, 6.07) is 6.74. The molecule has 0 radical (unpaired) electrons. The molecule has 1 fully saturated rings. The lowest BCUT2D eigenvalue weighted by molar-refractivity contribution is 0.0943. The predicted molar refractivity (Wildman–Crippen MR) is 75.1 cm³/mol. The number of nitrogens with one attached hydrogen (secondary N) is 2. The molecule has 1 aromatic carbocycles. The molecule has 1 aromatic heterocycles. The minimum absolute atomic E-state index is 0.00417. The Morgan fingerprint density at radius 1 is 1.45 bits per heavy atom. The van der Waals surface area contributed by atoms with Gasteiger partial charge in [0.25, 0.3) is 5.91 Å². The van der Waals surface area contributed by atoms with Gasteiger partial charge in [-0.3, -0.25) is 4.79 Å². The van der Waals surface area contributed by atoms with Crippen LogP contribution >= 0.6 is 0 Å². The number of carbonyl (C=O) groups excluding carboxylic acids is 1. The molecule has 1 amide bonds. The lowest BCUT2D eigenvalue weighted by Gasteiger charge is -2.14. The zero-order valence-electron chi connectivity index (χ0n) is 11.8. The first-order valence-corrected chi connectivity index (χ1v) is 6.79. The van der Waals surface area contributed by atoms with Crippen molar-refractivity contribution in [2.75, 3.05) is 0 Å². The molecule has 2 N–H and O–H groups in total. The summed E-state index contributed by atoms with van der Waals surface area (Å²) in [6.45, 7) is 1.72. The second-order valence-corrected chi connectivity index (χ2v) is 5.66. The van der Waals surface area contributed by atoms with E-state index in [4.69, 9.17) is 5.26 Å². The van der Waals surface area contributed by atoms with Crippen LogP contribution in [0.3, 0.4) is 0 Å². The van der Waals surface area contributed by atoms with Gasteiger partial charge >= 0.3 is 0 Å². The molecule has 4 nitrogen and oxygen atoms in total. The number of aromatic amines is 1. The quantitative estimate of drug-likeness (QED) is 0.915. The van der Waals surface area contributed by atoms with Gasteiger partial charge in [-0.05, 0) is 24.6 Å². The summed E-state index contributed by atoms with van der Waals surface area (Å²) >= 11 is 0. The number of H-pyrrole nitrogens is 1. The third kappa shape index (κ3) is 2.25. The number of nitrogens with zero attached hydrogens (tertiary/aromatic N) is 1. The minimum atomic E-state index is -0.754. The van der Waals surface area contributed by atoms with Crippen molar-refractivity contribution in [2.45, 2.75) is 24.8 Å². The first-order valence-electron chi connectivity index (χ1n) is 6.79. The van der Waals surface area contributed by atoms with Gasteiger partial charge in [-0.1, -0.05) is 13.0 Å². The van der Waals surface area contributed by atoms with Crippen LogP contribution in [0.1, 0.15) is 35.0 Å². The number of hydrogen-bond donors (Lipinski definition) is 2. The molecule has 0 saturated heterocycles. The molecule has 2 atom stereocenters. The molecule has 112 valence electrons. The Morgan fingerprint density at radius 2 is 2.14 bits per heavy atom. The van der Waals surface area contributed by atoms with Crippen molar-refractivity contribution in [1.82, 2.24) is 10.3 Å². The van der Waals surface area contributed by atoms with Crippen LogP contribution in [0.2, 0.25) is 0 Å². The van der Waals surface area contributed by atoms with E-state index in [1.165, 1.54) is 30.5 Å². The summed E-state index contributed by atoms with van der Waals surface area (Å²) < 4.78 is 27.7. The molecule has 2 aromatic rings. The van der Waals surface area contributed by atoms with Crippen molar-refractivity contribution >= 4 is 5.91 Å². The lowest BCUT2D eigenvalue weighted by Crippen LogP contribution is -2.31. The average Bonchev–Trinajstić information content (AvgIpc) is 2.91. The van der Waals surface area contributed by atoms with E-state index in [0.29, 0.717) is 12.0 Å². The zero-order chi connectivity index (χ0) is 15.9. The SMILES string of the molecule is C[C@@]1(c2c(F)cccc2F)C[C@H]1NC(=O)c1cc(C#N)c[nH]1. The van der Waals surface area contributed by atoms with E-state index >= 15 is 0 Å². The van der Waals surface area contributed by atoms with E-state index in [1.54, 1.807) is 6.92 Å². The highest BCUT2D eigenvalue weighted by Gasteiger charge is 2.55. The Labute approximate surface area is 125 Å².